The number of hydrogen-bond acceptors (Lipinski definition) is 1. The van der Waals surface area contributed by atoms with Gasteiger partial charge in [0.2, 0.25) is 0 Å². The van der Waals surface area contributed by atoms with Crippen LogP contribution in [0.3, 0.4) is 0 Å². The zero-order valence-electron chi connectivity index (χ0n) is 15.5. The molecule has 3 atom stereocenters. The molecule has 2 aliphatic rings. The summed E-state index contributed by atoms with van der Waals surface area (Å²) in [6, 6.07) is 0. The maximum atomic E-state index is 12.5. The van der Waals surface area contributed by atoms with Crippen molar-refractivity contribution in [2.45, 2.75) is 73.6 Å². The molecule has 22 heavy (non-hydrogen) atoms. The van der Waals surface area contributed by atoms with E-state index in [1.54, 1.807) is 0 Å². The monoisotopic (exact) mass is 302 g/mol. The van der Waals surface area contributed by atoms with E-state index in [2.05, 4.69) is 54.2 Å². The van der Waals surface area contributed by atoms with Crippen LogP contribution in [0.15, 0.2) is 24.3 Å². The summed E-state index contributed by atoms with van der Waals surface area (Å²) in [5, 5.41) is 0. The molecule has 0 radical (unpaired) electrons. The van der Waals surface area contributed by atoms with Crippen LogP contribution in [-0.2, 0) is 4.79 Å². The van der Waals surface area contributed by atoms with Gasteiger partial charge in [-0.3, -0.25) is 4.79 Å². The maximum Gasteiger partial charge on any atom is 0.138 e. The number of carbonyl (C=O) groups excluding carboxylic acids is 1. The number of rotatable bonds is 3. The van der Waals surface area contributed by atoms with Crippen LogP contribution in [0.5, 0.6) is 0 Å². The Balaban J connectivity index is 2.40. The van der Waals surface area contributed by atoms with Crippen molar-refractivity contribution in [3.05, 3.63) is 24.3 Å². The van der Waals surface area contributed by atoms with Crippen molar-refractivity contribution >= 4 is 5.78 Å². The fourth-order valence-corrected chi connectivity index (χ4v) is 5.56. The second-order valence-electron chi connectivity index (χ2n) is 9.17. The van der Waals surface area contributed by atoms with Gasteiger partial charge in [0.1, 0.15) is 5.78 Å². The summed E-state index contributed by atoms with van der Waals surface area (Å²) in [4.78, 5) is 12.5. The highest BCUT2D eigenvalue weighted by Gasteiger charge is 2.58. The van der Waals surface area contributed by atoms with Gasteiger partial charge in [0.15, 0.2) is 0 Å². The van der Waals surface area contributed by atoms with Crippen LogP contribution in [0.2, 0.25) is 0 Å². The first kappa shape index (κ1) is 17.5. The molecule has 124 valence electrons. The van der Waals surface area contributed by atoms with Gasteiger partial charge in [0.25, 0.3) is 0 Å². The first-order valence-corrected chi connectivity index (χ1v) is 8.88. The van der Waals surface area contributed by atoms with Crippen molar-refractivity contribution in [1.82, 2.24) is 0 Å². The van der Waals surface area contributed by atoms with Crippen molar-refractivity contribution in [2.24, 2.45) is 28.1 Å². The molecule has 2 aliphatic carbocycles. The lowest BCUT2D eigenvalue weighted by Gasteiger charge is -2.61. The molecule has 1 heteroatoms. The largest absolute Gasteiger partial charge is 0.299 e. The van der Waals surface area contributed by atoms with Crippen molar-refractivity contribution in [1.29, 1.82) is 0 Å². The molecule has 0 N–H and O–H groups in total. The molecule has 2 rings (SSSR count). The molecule has 1 nitrogen and oxygen atoms in total. The van der Waals surface area contributed by atoms with E-state index in [0.717, 1.165) is 19.3 Å². The van der Waals surface area contributed by atoms with Gasteiger partial charge in [-0.15, -0.1) is 0 Å². The highest BCUT2D eigenvalue weighted by Crippen LogP contribution is 2.64. The van der Waals surface area contributed by atoms with Crippen molar-refractivity contribution < 1.29 is 4.79 Å². The van der Waals surface area contributed by atoms with E-state index in [4.69, 9.17) is 0 Å². The molecular formula is C21H34O. The van der Waals surface area contributed by atoms with Gasteiger partial charge in [-0.2, -0.15) is 0 Å². The van der Waals surface area contributed by atoms with Crippen LogP contribution >= 0.6 is 0 Å². The molecule has 0 spiro atoms. The normalized spacial score (nSPS) is 37.5. The SMILES string of the molecule is C=C/C(C)=C/C[C@H]1C(C)(C)CC[C@H]2C(C)(C)C(=O)CC[C@]12C. The number of Topliss-reactive ketones (excluding diaryl/α,β-unsaturated/α-hetero) is 1. The first-order valence-electron chi connectivity index (χ1n) is 8.88. The fourth-order valence-electron chi connectivity index (χ4n) is 5.56. The summed E-state index contributed by atoms with van der Waals surface area (Å²) >= 11 is 0. The van der Waals surface area contributed by atoms with Crippen molar-refractivity contribution in [3.63, 3.8) is 0 Å². The van der Waals surface area contributed by atoms with Crippen LogP contribution in [0.25, 0.3) is 0 Å². The van der Waals surface area contributed by atoms with Gasteiger partial charge in [0.05, 0.1) is 0 Å². The molecule has 0 unspecified atom stereocenters. The minimum Gasteiger partial charge on any atom is -0.299 e. The lowest BCUT2D eigenvalue weighted by molar-refractivity contribution is -0.157. The smallest absolute Gasteiger partial charge is 0.138 e. The Morgan fingerprint density at radius 3 is 2.45 bits per heavy atom. The molecule has 2 fully saturated rings. The van der Waals surface area contributed by atoms with Gasteiger partial charge in [-0.05, 0) is 55.3 Å². The van der Waals surface area contributed by atoms with Crippen LogP contribution in [0, 0.1) is 28.1 Å². The zero-order valence-corrected chi connectivity index (χ0v) is 15.5. The highest BCUT2D eigenvalue weighted by atomic mass is 16.1. The third-order valence-electron chi connectivity index (χ3n) is 7.09. The van der Waals surface area contributed by atoms with E-state index in [0.29, 0.717) is 23.0 Å². The minimum absolute atomic E-state index is 0.154. The van der Waals surface area contributed by atoms with E-state index in [-0.39, 0.29) is 10.8 Å². The third-order valence-corrected chi connectivity index (χ3v) is 7.09. The predicted molar refractivity (Wildman–Crippen MR) is 94.7 cm³/mol. The summed E-state index contributed by atoms with van der Waals surface area (Å²) in [7, 11) is 0. The summed E-state index contributed by atoms with van der Waals surface area (Å²) in [6.07, 6.45) is 9.67. The summed E-state index contributed by atoms with van der Waals surface area (Å²) in [5.74, 6) is 1.64. The molecule has 2 saturated carbocycles. The predicted octanol–water partition coefficient (Wildman–Crippen LogP) is 5.96. The topological polar surface area (TPSA) is 17.1 Å². The van der Waals surface area contributed by atoms with E-state index < -0.39 is 0 Å². The molecule has 0 saturated heterocycles. The summed E-state index contributed by atoms with van der Waals surface area (Å²) < 4.78 is 0. The number of carbonyl (C=O) groups is 1. The highest BCUT2D eigenvalue weighted by molar-refractivity contribution is 5.85. The van der Waals surface area contributed by atoms with Gasteiger partial charge in [-0.25, -0.2) is 0 Å². The minimum atomic E-state index is -0.154. The fraction of sp³-hybridized carbons (Fsp3) is 0.762. The number of ketones is 1. The molecule has 0 aromatic carbocycles. The van der Waals surface area contributed by atoms with Crippen molar-refractivity contribution in [3.8, 4) is 0 Å². The molecule has 0 amide bonds. The Hall–Kier alpha value is -0.850. The Bertz CT molecular complexity index is 494. The molecule has 0 aliphatic heterocycles. The van der Waals surface area contributed by atoms with E-state index in [1.165, 1.54) is 18.4 Å². The van der Waals surface area contributed by atoms with Gasteiger partial charge < -0.3 is 0 Å². The van der Waals surface area contributed by atoms with Crippen LogP contribution < -0.4 is 0 Å². The Labute approximate surface area is 137 Å². The van der Waals surface area contributed by atoms with Gasteiger partial charge in [0, 0.05) is 11.8 Å². The summed E-state index contributed by atoms with van der Waals surface area (Å²) in [5.41, 5.74) is 1.74. The number of allylic oxidation sites excluding steroid dienone is 3. The second-order valence-corrected chi connectivity index (χ2v) is 9.17. The molecular weight excluding hydrogens is 268 g/mol. The van der Waals surface area contributed by atoms with Crippen LogP contribution in [-0.4, -0.2) is 5.78 Å². The third kappa shape index (κ3) is 2.72. The second kappa shape index (κ2) is 5.65. The lowest BCUT2D eigenvalue weighted by atomic mass is 9.43. The van der Waals surface area contributed by atoms with Gasteiger partial charge in [-0.1, -0.05) is 58.9 Å². The molecule has 0 heterocycles. The zero-order chi connectivity index (χ0) is 16.8. The molecule has 0 bridgehead atoms. The first-order chi connectivity index (χ1) is 10.1. The standard InChI is InChI=1S/C21H34O/c1-8-15(2)9-10-16-19(3,4)13-11-17-20(5,6)18(22)12-14-21(16,17)7/h8-9,16-17H,1,10-14H2,2-7H3/b15-9+/t16-,17-,21+/m0/s1. The Morgan fingerprint density at radius 1 is 1.23 bits per heavy atom. The van der Waals surface area contributed by atoms with E-state index in [1.807, 2.05) is 6.08 Å². The van der Waals surface area contributed by atoms with Crippen LogP contribution in [0.4, 0.5) is 0 Å². The van der Waals surface area contributed by atoms with Gasteiger partial charge >= 0.3 is 0 Å². The van der Waals surface area contributed by atoms with Crippen LogP contribution in [0.1, 0.15) is 73.6 Å². The molecule has 0 aromatic rings. The van der Waals surface area contributed by atoms with Crippen molar-refractivity contribution in [2.75, 3.05) is 0 Å². The Morgan fingerprint density at radius 2 is 1.86 bits per heavy atom. The average Bonchev–Trinajstić information content (AvgIpc) is 2.41. The van der Waals surface area contributed by atoms with E-state index >= 15 is 0 Å². The van der Waals surface area contributed by atoms with E-state index in [9.17, 15) is 4.79 Å². The number of fused-ring (bicyclic) bond motifs is 1. The molecule has 0 aromatic heterocycles. The quantitative estimate of drug-likeness (QED) is 0.588. The lowest BCUT2D eigenvalue weighted by Crippen LogP contribution is -2.56. The summed E-state index contributed by atoms with van der Waals surface area (Å²) in [6.45, 7) is 17.7. The maximum absolute atomic E-state index is 12.5. The number of hydrogen-bond donors (Lipinski definition) is 0. The Kier molecular flexibility index (Phi) is 4.50. The average molecular weight is 303 g/mol.